The zero-order chi connectivity index (χ0) is 10.7. The second-order valence-electron chi connectivity index (χ2n) is 3.38. The molecule has 0 unspecified atom stereocenters. The molecule has 0 bridgehead atoms. The average molecular weight is 196 g/mol. The van der Waals surface area contributed by atoms with Crippen molar-refractivity contribution < 1.29 is 0 Å². The van der Waals surface area contributed by atoms with Crippen molar-refractivity contribution in [2.24, 2.45) is 0 Å². The molecule has 1 aromatic heterocycles. The molecule has 0 fully saturated rings. The summed E-state index contributed by atoms with van der Waals surface area (Å²) in [6, 6.07) is 13.9. The molecular formula is C13H12N2. The third-order valence-electron chi connectivity index (χ3n) is 2.47. The summed E-state index contributed by atoms with van der Waals surface area (Å²) in [4.78, 5) is 0. The van der Waals surface area contributed by atoms with Crippen LogP contribution in [0.5, 0.6) is 0 Å². The quantitative estimate of drug-likeness (QED) is 0.726. The van der Waals surface area contributed by atoms with E-state index in [1.54, 1.807) is 0 Å². The maximum absolute atomic E-state index is 8.70. The SMILES string of the molecule is CCc1cccn1-c1ccc(C#N)cc1. The molecule has 1 heterocycles. The summed E-state index contributed by atoms with van der Waals surface area (Å²) < 4.78 is 2.14. The molecule has 0 saturated heterocycles. The third kappa shape index (κ3) is 1.77. The van der Waals surface area contributed by atoms with Gasteiger partial charge < -0.3 is 4.57 Å². The fraction of sp³-hybridized carbons (Fsp3) is 0.154. The van der Waals surface area contributed by atoms with Crippen molar-refractivity contribution in [2.75, 3.05) is 0 Å². The van der Waals surface area contributed by atoms with Gasteiger partial charge in [0.2, 0.25) is 0 Å². The highest BCUT2D eigenvalue weighted by molar-refractivity contribution is 5.40. The Hall–Kier alpha value is -2.01. The van der Waals surface area contributed by atoms with Crippen LogP contribution in [0.25, 0.3) is 5.69 Å². The van der Waals surface area contributed by atoms with Gasteiger partial charge in [0.1, 0.15) is 0 Å². The van der Waals surface area contributed by atoms with Crippen LogP contribution in [-0.2, 0) is 6.42 Å². The number of aryl methyl sites for hydroxylation is 1. The van der Waals surface area contributed by atoms with E-state index < -0.39 is 0 Å². The Bertz CT molecular complexity index is 486. The van der Waals surface area contributed by atoms with E-state index in [-0.39, 0.29) is 0 Å². The molecule has 2 heteroatoms. The molecule has 15 heavy (non-hydrogen) atoms. The first-order chi connectivity index (χ1) is 7.35. The van der Waals surface area contributed by atoms with Gasteiger partial charge in [-0.1, -0.05) is 6.92 Å². The van der Waals surface area contributed by atoms with Gasteiger partial charge in [-0.05, 0) is 42.8 Å². The van der Waals surface area contributed by atoms with E-state index in [9.17, 15) is 0 Å². The lowest BCUT2D eigenvalue weighted by molar-refractivity contribution is 0.937. The van der Waals surface area contributed by atoms with Gasteiger partial charge in [0, 0.05) is 17.6 Å². The Kier molecular flexibility index (Phi) is 2.55. The highest BCUT2D eigenvalue weighted by Crippen LogP contribution is 2.13. The van der Waals surface area contributed by atoms with Gasteiger partial charge in [-0.2, -0.15) is 5.26 Å². The summed E-state index contributed by atoms with van der Waals surface area (Å²) in [5.74, 6) is 0. The zero-order valence-corrected chi connectivity index (χ0v) is 8.64. The van der Waals surface area contributed by atoms with E-state index in [4.69, 9.17) is 5.26 Å². The van der Waals surface area contributed by atoms with Crippen LogP contribution in [0.2, 0.25) is 0 Å². The molecule has 0 N–H and O–H groups in total. The van der Waals surface area contributed by atoms with Gasteiger partial charge in [-0.3, -0.25) is 0 Å². The van der Waals surface area contributed by atoms with Crippen LogP contribution in [0.15, 0.2) is 42.6 Å². The molecule has 0 spiro atoms. The topological polar surface area (TPSA) is 28.7 Å². The molecule has 1 aromatic carbocycles. The lowest BCUT2D eigenvalue weighted by Gasteiger charge is -2.07. The molecule has 0 aliphatic heterocycles. The molecule has 0 aliphatic rings. The molecule has 0 aliphatic carbocycles. The zero-order valence-electron chi connectivity index (χ0n) is 8.64. The van der Waals surface area contributed by atoms with E-state index >= 15 is 0 Å². The molecule has 0 saturated carbocycles. The first-order valence-corrected chi connectivity index (χ1v) is 5.02. The minimum atomic E-state index is 0.698. The van der Waals surface area contributed by atoms with Crippen LogP contribution in [0.4, 0.5) is 0 Å². The Labute approximate surface area is 89.4 Å². The molecule has 0 radical (unpaired) electrons. The second-order valence-corrected chi connectivity index (χ2v) is 3.38. The molecular weight excluding hydrogens is 184 g/mol. The third-order valence-corrected chi connectivity index (χ3v) is 2.47. The van der Waals surface area contributed by atoms with Gasteiger partial charge in [0.15, 0.2) is 0 Å². The molecule has 2 nitrogen and oxygen atoms in total. The Morgan fingerprint density at radius 2 is 1.93 bits per heavy atom. The van der Waals surface area contributed by atoms with Crippen molar-refractivity contribution in [3.05, 3.63) is 53.9 Å². The van der Waals surface area contributed by atoms with Crippen LogP contribution in [0.3, 0.4) is 0 Å². The Morgan fingerprint density at radius 3 is 2.53 bits per heavy atom. The number of nitriles is 1. The van der Waals surface area contributed by atoms with Crippen LogP contribution >= 0.6 is 0 Å². The molecule has 0 atom stereocenters. The first-order valence-electron chi connectivity index (χ1n) is 5.02. The number of aromatic nitrogens is 1. The second kappa shape index (κ2) is 4.02. The number of rotatable bonds is 2. The van der Waals surface area contributed by atoms with Crippen molar-refractivity contribution in [3.63, 3.8) is 0 Å². The van der Waals surface area contributed by atoms with Gasteiger partial charge >= 0.3 is 0 Å². The minimum Gasteiger partial charge on any atom is -0.321 e. The fourth-order valence-corrected chi connectivity index (χ4v) is 1.65. The van der Waals surface area contributed by atoms with Crippen molar-refractivity contribution in [1.82, 2.24) is 4.57 Å². The molecule has 2 aromatic rings. The summed E-state index contributed by atoms with van der Waals surface area (Å²) in [5, 5.41) is 8.70. The lowest BCUT2D eigenvalue weighted by Crippen LogP contribution is -1.96. The maximum atomic E-state index is 8.70. The van der Waals surface area contributed by atoms with Crippen molar-refractivity contribution >= 4 is 0 Å². The number of nitrogens with zero attached hydrogens (tertiary/aromatic N) is 2. The summed E-state index contributed by atoms with van der Waals surface area (Å²) in [6.45, 7) is 2.13. The highest BCUT2D eigenvalue weighted by Gasteiger charge is 2.00. The minimum absolute atomic E-state index is 0.698. The number of benzene rings is 1. The van der Waals surface area contributed by atoms with E-state index in [0.717, 1.165) is 12.1 Å². The van der Waals surface area contributed by atoms with Gasteiger partial charge in [0.05, 0.1) is 11.6 Å². The van der Waals surface area contributed by atoms with E-state index in [1.807, 2.05) is 36.5 Å². The van der Waals surface area contributed by atoms with Gasteiger partial charge in [-0.15, -0.1) is 0 Å². The normalized spacial score (nSPS) is 9.87. The smallest absolute Gasteiger partial charge is 0.0991 e. The predicted octanol–water partition coefficient (Wildman–Crippen LogP) is 2.91. The lowest BCUT2D eigenvalue weighted by atomic mass is 10.2. The summed E-state index contributed by atoms with van der Waals surface area (Å²) >= 11 is 0. The van der Waals surface area contributed by atoms with E-state index in [1.165, 1.54) is 5.69 Å². The van der Waals surface area contributed by atoms with Crippen LogP contribution < -0.4 is 0 Å². The standard InChI is InChI=1S/C13H12N2/c1-2-12-4-3-9-15(12)13-7-5-11(10-14)6-8-13/h3-9H,2H2,1H3. The van der Waals surface area contributed by atoms with Gasteiger partial charge in [0.25, 0.3) is 0 Å². The van der Waals surface area contributed by atoms with Crippen LogP contribution in [0, 0.1) is 11.3 Å². The maximum Gasteiger partial charge on any atom is 0.0991 e. The Balaban J connectivity index is 2.42. The van der Waals surface area contributed by atoms with Crippen molar-refractivity contribution in [2.45, 2.75) is 13.3 Å². The van der Waals surface area contributed by atoms with Crippen molar-refractivity contribution in [3.8, 4) is 11.8 Å². The van der Waals surface area contributed by atoms with E-state index in [0.29, 0.717) is 5.56 Å². The van der Waals surface area contributed by atoms with Crippen LogP contribution in [-0.4, -0.2) is 4.57 Å². The van der Waals surface area contributed by atoms with Gasteiger partial charge in [-0.25, -0.2) is 0 Å². The predicted molar refractivity (Wildman–Crippen MR) is 59.9 cm³/mol. The van der Waals surface area contributed by atoms with Crippen LogP contribution in [0.1, 0.15) is 18.2 Å². The summed E-state index contributed by atoms with van der Waals surface area (Å²) in [7, 11) is 0. The average Bonchev–Trinajstić information content (AvgIpc) is 2.77. The van der Waals surface area contributed by atoms with Crippen molar-refractivity contribution in [1.29, 1.82) is 5.26 Å². The fourth-order valence-electron chi connectivity index (χ4n) is 1.65. The molecule has 2 rings (SSSR count). The van der Waals surface area contributed by atoms with E-state index in [2.05, 4.69) is 23.6 Å². The molecule has 74 valence electrons. The number of hydrogen-bond acceptors (Lipinski definition) is 1. The summed E-state index contributed by atoms with van der Waals surface area (Å²) in [6.07, 6.45) is 3.05. The first kappa shape index (κ1) is 9.54. The summed E-state index contributed by atoms with van der Waals surface area (Å²) in [5.41, 5.74) is 3.08. The number of hydrogen-bond donors (Lipinski definition) is 0. The monoisotopic (exact) mass is 196 g/mol. The highest BCUT2D eigenvalue weighted by atomic mass is 15.0. The molecule has 0 amide bonds. The Morgan fingerprint density at radius 1 is 1.20 bits per heavy atom. The largest absolute Gasteiger partial charge is 0.321 e.